The summed E-state index contributed by atoms with van der Waals surface area (Å²) >= 11 is 0. The Labute approximate surface area is 60.9 Å². The summed E-state index contributed by atoms with van der Waals surface area (Å²) in [5.74, 6) is 0. The minimum absolute atomic E-state index is 0.282. The molecule has 0 aliphatic carbocycles. The lowest BCUT2D eigenvalue weighted by Gasteiger charge is -1.94. The van der Waals surface area contributed by atoms with Crippen LogP contribution in [0.4, 0.5) is 0 Å². The topological polar surface area (TPSA) is 36.0 Å². The Morgan fingerprint density at radius 2 is 2.30 bits per heavy atom. The molecular formula is C8H13NO. The van der Waals surface area contributed by atoms with E-state index in [1.54, 1.807) is 0 Å². The van der Waals surface area contributed by atoms with Crippen LogP contribution in [0.2, 0.25) is 0 Å². The third-order valence-corrected chi connectivity index (χ3v) is 1.67. The first-order valence-corrected chi connectivity index (χ1v) is 3.57. The average molecular weight is 139 g/mol. The fourth-order valence-electron chi connectivity index (χ4n) is 1.01. The van der Waals surface area contributed by atoms with Crippen LogP contribution in [0, 0.1) is 6.92 Å². The Morgan fingerprint density at radius 1 is 1.50 bits per heavy atom. The molecule has 0 fully saturated rings. The number of aromatic nitrogens is 1. The summed E-state index contributed by atoms with van der Waals surface area (Å²) in [4.78, 5) is 3.03. The number of nitrogens with one attached hydrogen (secondary N) is 1. The maximum atomic E-state index is 8.55. The van der Waals surface area contributed by atoms with Crippen molar-refractivity contribution in [3.05, 3.63) is 23.5 Å². The SMILES string of the molecule is Cc1c[nH]cc1CCCO. The Balaban J connectivity index is 2.49. The molecule has 0 saturated heterocycles. The number of aliphatic hydroxyl groups excluding tert-OH is 1. The number of H-pyrrole nitrogens is 1. The number of hydrogen-bond acceptors (Lipinski definition) is 1. The van der Waals surface area contributed by atoms with Crippen LogP contribution in [0.15, 0.2) is 12.4 Å². The highest BCUT2D eigenvalue weighted by atomic mass is 16.2. The molecule has 0 spiro atoms. The molecule has 1 rings (SSSR count). The van der Waals surface area contributed by atoms with Crippen molar-refractivity contribution < 1.29 is 5.11 Å². The van der Waals surface area contributed by atoms with Crippen LogP contribution in [0.3, 0.4) is 0 Å². The molecule has 1 aromatic heterocycles. The minimum Gasteiger partial charge on any atom is -0.396 e. The lowest BCUT2D eigenvalue weighted by molar-refractivity contribution is 0.288. The van der Waals surface area contributed by atoms with E-state index >= 15 is 0 Å². The van der Waals surface area contributed by atoms with E-state index < -0.39 is 0 Å². The van der Waals surface area contributed by atoms with Gasteiger partial charge in [-0.25, -0.2) is 0 Å². The predicted molar refractivity (Wildman–Crippen MR) is 40.9 cm³/mol. The van der Waals surface area contributed by atoms with Crippen molar-refractivity contribution >= 4 is 0 Å². The van der Waals surface area contributed by atoms with Gasteiger partial charge in [-0.3, -0.25) is 0 Å². The van der Waals surface area contributed by atoms with Crippen molar-refractivity contribution in [1.29, 1.82) is 0 Å². The lowest BCUT2D eigenvalue weighted by Crippen LogP contribution is -1.88. The number of aliphatic hydroxyl groups is 1. The van der Waals surface area contributed by atoms with E-state index in [9.17, 15) is 0 Å². The van der Waals surface area contributed by atoms with E-state index in [2.05, 4.69) is 11.9 Å². The van der Waals surface area contributed by atoms with Gasteiger partial charge in [0.05, 0.1) is 0 Å². The van der Waals surface area contributed by atoms with E-state index in [4.69, 9.17) is 5.11 Å². The smallest absolute Gasteiger partial charge is 0.0434 e. The first-order valence-electron chi connectivity index (χ1n) is 3.57. The van der Waals surface area contributed by atoms with Crippen LogP contribution < -0.4 is 0 Å². The second kappa shape index (κ2) is 3.42. The van der Waals surface area contributed by atoms with Crippen LogP contribution >= 0.6 is 0 Å². The van der Waals surface area contributed by atoms with Crippen LogP contribution in [0.25, 0.3) is 0 Å². The van der Waals surface area contributed by atoms with Gasteiger partial charge in [-0.05, 0) is 30.9 Å². The van der Waals surface area contributed by atoms with Crippen molar-refractivity contribution in [2.75, 3.05) is 6.61 Å². The molecule has 2 heteroatoms. The Kier molecular flexibility index (Phi) is 2.51. The zero-order valence-electron chi connectivity index (χ0n) is 6.22. The van der Waals surface area contributed by atoms with Crippen LogP contribution in [0.5, 0.6) is 0 Å². The van der Waals surface area contributed by atoms with E-state index in [1.807, 2.05) is 12.4 Å². The quantitative estimate of drug-likeness (QED) is 0.649. The fraction of sp³-hybridized carbons (Fsp3) is 0.500. The first kappa shape index (κ1) is 7.35. The van der Waals surface area contributed by atoms with Gasteiger partial charge in [-0.15, -0.1) is 0 Å². The fourth-order valence-corrected chi connectivity index (χ4v) is 1.01. The van der Waals surface area contributed by atoms with Gasteiger partial charge in [0.2, 0.25) is 0 Å². The summed E-state index contributed by atoms with van der Waals surface area (Å²) in [6.07, 6.45) is 5.81. The van der Waals surface area contributed by atoms with Crippen LogP contribution in [-0.4, -0.2) is 16.7 Å². The number of rotatable bonds is 3. The molecule has 0 aliphatic heterocycles. The maximum Gasteiger partial charge on any atom is 0.0434 e. The van der Waals surface area contributed by atoms with Crippen LogP contribution in [-0.2, 0) is 6.42 Å². The number of aryl methyl sites for hydroxylation is 2. The Bertz CT molecular complexity index is 193. The summed E-state index contributed by atoms with van der Waals surface area (Å²) in [5.41, 5.74) is 2.60. The molecule has 0 amide bonds. The normalized spacial score (nSPS) is 10.2. The summed E-state index contributed by atoms with van der Waals surface area (Å²) in [7, 11) is 0. The van der Waals surface area contributed by atoms with Crippen molar-refractivity contribution in [2.24, 2.45) is 0 Å². The molecule has 0 unspecified atom stereocenters. The minimum atomic E-state index is 0.282. The van der Waals surface area contributed by atoms with Gasteiger partial charge in [0.15, 0.2) is 0 Å². The van der Waals surface area contributed by atoms with Gasteiger partial charge in [-0.1, -0.05) is 0 Å². The first-order chi connectivity index (χ1) is 4.84. The summed E-state index contributed by atoms with van der Waals surface area (Å²) in [6.45, 7) is 2.35. The van der Waals surface area contributed by atoms with E-state index in [0.717, 1.165) is 12.8 Å². The largest absolute Gasteiger partial charge is 0.396 e. The molecule has 0 bridgehead atoms. The molecule has 2 nitrogen and oxygen atoms in total. The second-order valence-corrected chi connectivity index (χ2v) is 2.49. The van der Waals surface area contributed by atoms with E-state index in [0.29, 0.717) is 0 Å². The number of hydrogen-bond donors (Lipinski definition) is 2. The predicted octanol–water partition coefficient (Wildman–Crippen LogP) is 1.25. The summed E-state index contributed by atoms with van der Waals surface area (Å²) in [6, 6.07) is 0. The Hall–Kier alpha value is -0.760. The zero-order valence-corrected chi connectivity index (χ0v) is 6.22. The second-order valence-electron chi connectivity index (χ2n) is 2.49. The monoisotopic (exact) mass is 139 g/mol. The van der Waals surface area contributed by atoms with Crippen LogP contribution in [0.1, 0.15) is 17.5 Å². The van der Waals surface area contributed by atoms with Gasteiger partial charge in [0, 0.05) is 19.0 Å². The third-order valence-electron chi connectivity index (χ3n) is 1.67. The van der Waals surface area contributed by atoms with Crippen molar-refractivity contribution in [3.8, 4) is 0 Å². The van der Waals surface area contributed by atoms with Crippen molar-refractivity contribution in [1.82, 2.24) is 4.98 Å². The molecule has 0 atom stereocenters. The molecule has 0 saturated carbocycles. The third kappa shape index (κ3) is 1.61. The van der Waals surface area contributed by atoms with Crippen molar-refractivity contribution in [3.63, 3.8) is 0 Å². The molecule has 0 aromatic carbocycles. The maximum absolute atomic E-state index is 8.55. The standard InChI is InChI=1S/C8H13NO/c1-7-5-9-6-8(7)3-2-4-10/h5-6,9-10H,2-4H2,1H3. The molecule has 0 aliphatic rings. The lowest BCUT2D eigenvalue weighted by atomic mass is 10.1. The van der Waals surface area contributed by atoms with E-state index in [-0.39, 0.29) is 6.61 Å². The highest BCUT2D eigenvalue weighted by Crippen LogP contribution is 2.07. The van der Waals surface area contributed by atoms with Gasteiger partial charge < -0.3 is 10.1 Å². The summed E-state index contributed by atoms with van der Waals surface area (Å²) < 4.78 is 0. The molecule has 2 N–H and O–H groups in total. The zero-order chi connectivity index (χ0) is 7.40. The summed E-state index contributed by atoms with van der Waals surface area (Å²) in [5, 5.41) is 8.55. The number of aromatic amines is 1. The van der Waals surface area contributed by atoms with E-state index in [1.165, 1.54) is 11.1 Å². The van der Waals surface area contributed by atoms with Gasteiger partial charge >= 0.3 is 0 Å². The molecule has 10 heavy (non-hydrogen) atoms. The molecule has 56 valence electrons. The molecule has 0 radical (unpaired) electrons. The highest BCUT2D eigenvalue weighted by Gasteiger charge is 1.96. The highest BCUT2D eigenvalue weighted by molar-refractivity contribution is 5.21. The van der Waals surface area contributed by atoms with Crippen molar-refractivity contribution in [2.45, 2.75) is 19.8 Å². The van der Waals surface area contributed by atoms with Gasteiger partial charge in [0.25, 0.3) is 0 Å². The molecular weight excluding hydrogens is 126 g/mol. The molecule has 1 aromatic rings. The Morgan fingerprint density at radius 3 is 2.80 bits per heavy atom. The molecule has 1 heterocycles. The van der Waals surface area contributed by atoms with Gasteiger partial charge in [-0.2, -0.15) is 0 Å². The average Bonchev–Trinajstić information content (AvgIpc) is 2.31. The van der Waals surface area contributed by atoms with Gasteiger partial charge in [0.1, 0.15) is 0 Å².